The highest BCUT2D eigenvalue weighted by molar-refractivity contribution is 5.76. The van der Waals surface area contributed by atoms with E-state index >= 15 is 0 Å². The normalized spacial score (nSPS) is 16.3. The molecule has 0 amide bonds. The molecule has 154 valence electrons. The Hall–Kier alpha value is -2.33. The van der Waals surface area contributed by atoms with E-state index in [-0.39, 0.29) is 6.61 Å². The first kappa shape index (κ1) is 20.0. The fourth-order valence-electron chi connectivity index (χ4n) is 4.80. The average molecular weight is 393 g/mol. The van der Waals surface area contributed by atoms with Crippen LogP contribution in [0.5, 0.6) is 5.75 Å². The Labute approximate surface area is 173 Å². The summed E-state index contributed by atoms with van der Waals surface area (Å²) >= 11 is 0. The van der Waals surface area contributed by atoms with Gasteiger partial charge in [-0.15, -0.1) is 0 Å². The van der Waals surface area contributed by atoms with Crippen LogP contribution in [0.4, 0.5) is 0 Å². The maximum atomic E-state index is 10.8. The van der Waals surface area contributed by atoms with Crippen molar-refractivity contribution in [3.8, 4) is 5.75 Å². The van der Waals surface area contributed by atoms with Gasteiger partial charge in [0, 0.05) is 5.92 Å². The summed E-state index contributed by atoms with van der Waals surface area (Å²) < 4.78 is 8.28. The van der Waals surface area contributed by atoms with E-state index in [0.29, 0.717) is 12.5 Å². The zero-order chi connectivity index (χ0) is 20.4. The van der Waals surface area contributed by atoms with Crippen LogP contribution in [0.1, 0.15) is 60.5 Å². The Balaban J connectivity index is 1.54. The number of rotatable bonds is 6. The number of benzene rings is 2. The SMILES string of the molecule is Cc1cc(C)c(OCC(O)Cn2c(C3CCCCC3)nc3ccccc32)c(C)c1. The van der Waals surface area contributed by atoms with E-state index in [1.54, 1.807) is 0 Å². The quantitative estimate of drug-likeness (QED) is 0.607. The number of hydrogen-bond donors (Lipinski definition) is 1. The molecule has 1 aliphatic rings. The number of fused-ring (bicyclic) bond motifs is 1. The molecular formula is C25H32N2O2. The second-order valence-electron chi connectivity index (χ2n) is 8.60. The largest absolute Gasteiger partial charge is 0.490 e. The third-order valence-electron chi connectivity index (χ3n) is 6.07. The predicted octanol–water partition coefficient (Wildman–Crippen LogP) is 5.45. The minimum absolute atomic E-state index is 0.279. The molecule has 1 saturated carbocycles. The lowest BCUT2D eigenvalue weighted by molar-refractivity contribution is 0.0915. The van der Waals surface area contributed by atoms with Gasteiger partial charge in [-0.1, -0.05) is 49.1 Å². The Kier molecular flexibility index (Phi) is 5.91. The minimum atomic E-state index is -0.588. The van der Waals surface area contributed by atoms with Crippen LogP contribution < -0.4 is 4.74 Å². The Morgan fingerprint density at radius 3 is 2.48 bits per heavy atom. The van der Waals surface area contributed by atoms with Crippen molar-refractivity contribution < 1.29 is 9.84 Å². The van der Waals surface area contributed by atoms with Crippen LogP contribution in [-0.2, 0) is 6.54 Å². The number of ether oxygens (including phenoxy) is 1. The molecule has 0 bridgehead atoms. The Bertz CT molecular complexity index is 963. The molecule has 4 nitrogen and oxygen atoms in total. The molecule has 1 aliphatic carbocycles. The second-order valence-corrected chi connectivity index (χ2v) is 8.60. The molecule has 0 spiro atoms. The van der Waals surface area contributed by atoms with Crippen molar-refractivity contribution in [3.63, 3.8) is 0 Å². The van der Waals surface area contributed by atoms with Gasteiger partial charge in [-0.25, -0.2) is 4.98 Å². The van der Waals surface area contributed by atoms with Gasteiger partial charge in [0.15, 0.2) is 0 Å². The highest BCUT2D eigenvalue weighted by Crippen LogP contribution is 2.34. The van der Waals surface area contributed by atoms with Gasteiger partial charge in [0.1, 0.15) is 24.3 Å². The van der Waals surface area contributed by atoms with E-state index in [1.807, 2.05) is 12.1 Å². The van der Waals surface area contributed by atoms with Crippen molar-refractivity contribution in [1.82, 2.24) is 9.55 Å². The zero-order valence-electron chi connectivity index (χ0n) is 17.8. The minimum Gasteiger partial charge on any atom is -0.490 e. The molecule has 1 unspecified atom stereocenters. The lowest BCUT2D eigenvalue weighted by Gasteiger charge is -2.23. The number of aromatic nitrogens is 2. The number of imidazole rings is 1. The average Bonchev–Trinajstić information content (AvgIpc) is 3.06. The van der Waals surface area contributed by atoms with Gasteiger partial charge >= 0.3 is 0 Å². The summed E-state index contributed by atoms with van der Waals surface area (Å²) in [4.78, 5) is 4.96. The van der Waals surface area contributed by atoms with Gasteiger partial charge < -0.3 is 14.4 Å². The third-order valence-corrected chi connectivity index (χ3v) is 6.07. The summed E-state index contributed by atoms with van der Waals surface area (Å²) in [6.07, 6.45) is 5.66. The molecule has 1 N–H and O–H groups in total. The fraction of sp³-hybridized carbons (Fsp3) is 0.480. The highest BCUT2D eigenvalue weighted by atomic mass is 16.5. The standard InChI is InChI=1S/C25H32N2O2/c1-17-13-18(2)24(19(3)14-17)29-16-21(28)15-27-23-12-8-7-11-22(23)26-25(27)20-9-5-4-6-10-20/h7-8,11-14,20-21,28H,4-6,9-10,15-16H2,1-3H3. The van der Waals surface area contributed by atoms with E-state index < -0.39 is 6.10 Å². The van der Waals surface area contributed by atoms with Gasteiger partial charge in [0.25, 0.3) is 0 Å². The van der Waals surface area contributed by atoms with Gasteiger partial charge in [-0.05, 0) is 56.9 Å². The first-order valence-electron chi connectivity index (χ1n) is 10.9. The number of para-hydroxylation sites is 2. The lowest BCUT2D eigenvalue weighted by atomic mass is 9.88. The molecule has 2 aromatic carbocycles. The monoisotopic (exact) mass is 392 g/mol. The van der Waals surface area contributed by atoms with Crippen LogP contribution in [0.15, 0.2) is 36.4 Å². The maximum Gasteiger partial charge on any atom is 0.125 e. The molecule has 4 heteroatoms. The number of aliphatic hydroxyl groups excluding tert-OH is 1. The van der Waals surface area contributed by atoms with Gasteiger partial charge in [-0.3, -0.25) is 0 Å². The molecule has 0 aliphatic heterocycles. The molecule has 1 atom stereocenters. The number of nitrogens with zero attached hydrogens (tertiary/aromatic N) is 2. The van der Waals surface area contributed by atoms with Crippen LogP contribution >= 0.6 is 0 Å². The molecule has 29 heavy (non-hydrogen) atoms. The van der Waals surface area contributed by atoms with Crippen molar-refractivity contribution in [2.45, 2.75) is 71.4 Å². The molecule has 0 saturated heterocycles. The summed E-state index contributed by atoms with van der Waals surface area (Å²) in [7, 11) is 0. The molecule has 1 fully saturated rings. The van der Waals surface area contributed by atoms with Gasteiger partial charge in [-0.2, -0.15) is 0 Å². The van der Waals surface area contributed by atoms with Crippen molar-refractivity contribution in [2.24, 2.45) is 0 Å². The lowest BCUT2D eigenvalue weighted by Crippen LogP contribution is -2.26. The molecule has 3 aromatic rings. The smallest absolute Gasteiger partial charge is 0.125 e. The molecule has 1 heterocycles. The predicted molar refractivity (Wildman–Crippen MR) is 118 cm³/mol. The first-order chi connectivity index (χ1) is 14.0. The highest BCUT2D eigenvalue weighted by Gasteiger charge is 2.23. The number of aryl methyl sites for hydroxylation is 3. The maximum absolute atomic E-state index is 10.8. The molecule has 4 rings (SSSR count). The van der Waals surface area contributed by atoms with Crippen molar-refractivity contribution >= 4 is 11.0 Å². The molecule has 1 aromatic heterocycles. The molecular weight excluding hydrogens is 360 g/mol. The van der Waals surface area contributed by atoms with Gasteiger partial charge in [0.05, 0.1) is 17.6 Å². The van der Waals surface area contributed by atoms with Crippen LogP contribution in [-0.4, -0.2) is 27.4 Å². The summed E-state index contributed by atoms with van der Waals surface area (Å²) in [6, 6.07) is 12.5. The van der Waals surface area contributed by atoms with Crippen molar-refractivity contribution in [1.29, 1.82) is 0 Å². The number of aliphatic hydroxyl groups is 1. The topological polar surface area (TPSA) is 47.3 Å². The van der Waals surface area contributed by atoms with Crippen LogP contribution in [0.2, 0.25) is 0 Å². The summed E-state index contributed by atoms with van der Waals surface area (Å²) in [6.45, 7) is 7.01. The van der Waals surface area contributed by atoms with E-state index in [0.717, 1.165) is 33.7 Å². The van der Waals surface area contributed by atoms with E-state index in [2.05, 4.69) is 49.6 Å². The summed E-state index contributed by atoms with van der Waals surface area (Å²) in [5.74, 6) is 2.51. The van der Waals surface area contributed by atoms with Crippen molar-refractivity contribution in [3.05, 3.63) is 58.9 Å². The van der Waals surface area contributed by atoms with E-state index in [9.17, 15) is 5.11 Å². The fourth-order valence-corrected chi connectivity index (χ4v) is 4.80. The Morgan fingerprint density at radius 1 is 1.07 bits per heavy atom. The van der Waals surface area contributed by atoms with E-state index in [4.69, 9.17) is 9.72 Å². The third kappa shape index (κ3) is 4.32. The van der Waals surface area contributed by atoms with Crippen molar-refractivity contribution in [2.75, 3.05) is 6.61 Å². The van der Waals surface area contributed by atoms with Crippen LogP contribution in [0.25, 0.3) is 11.0 Å². The Morgan fingerprint density at radius 2 is 1.76 bits per heavy atom. The second kappa shape index (κ2) is 8.58. The van der Waals surface area contributed by atoms with Crippen LogP contribution in [0, 0.1) is 20.8 Å². The number of hydrogen-bond acceptors (Lipinski definition) is 3. The van der Waals surface area contributed by atoms with Gasteiger partial charge in [0.2, 0.25) is 0 Å². The van der Waals surface area contributed by atoms with Crippen LogP contribution in [0.3, 0.4) is 0 Å². The molecule has 0 radical (unpaired) electrons. The summed E-state index contributed by atoms with van der Waals surface area (Å²) in [5.41, 5.74) is 5.59. The summed E-state index contributed by atoms with van der Waals surface area (Å²) in [5, 5.41) is 10.8. The first-order valence-corrected chi connectivity index (χ1v) is 10.9. The zero-order valence-corrected chi connectivity index (χ0v) is 17.8. The van der Waals surface area contributed by atoms with E-state index in [1.165, 1.54) is 37.7 Å².